The molecular weight excluding hydrogens is 943 g/mol. The first-order valence-electron chi connectivity index (χ1n) is 15.2. The topological polar surface area (TPSA) is 103 Å². The number of nitrogens with one attached hydrogen (secondary N) is 1. The molecule has 2 aliphatic rings. The quantitative estimate of drug-likeness (QED) is 0.0941. The molecule has 1 atom stereocenters. The molecule has 4 aromatic carbocycles. The van der Waals surface area contributed by atoms with Gasteiger partial charge in [-0.15, -0.1) is 0 Å². The molecule has 1 unspecified atom stereocenters. The average Bonchev–Trinajstić information content (AvgIpc) is 3.15. The van der Waals surface area contributed by atoms with Crippen molar-refractivity contribution < 1.29 is 42.3 Å². The van der Waals surface area contributed by atoms with Gasteiger partial charge in [0.1, 0.15) is 0 Å². The van der Waals surface area contributed by atoms with E-state index in [0.717, 1.165) is 44.3 Å². The van der Waals surface area contributed by atoms with Crippen molar-refractivity contribution in [3.63, 3.8) is 0 Å². The Morgan fingerprint density at radius 1 is 0.692 bits per heavy atom. The van der Waals surface area contributed by atoms with Crippen LogP contribution < -0.4 is 15.1 Å². The molecular formula is C38H42BBr3N6O2PY-. The Morgan fingerprint density at radius 2 is 1.13 bits per heavy atom. The SMILES string of the molecule is BrCc1ccc(Br)cc1.C.N#Cc1ccc(N2CCN(Cc3ccc(Br)cc3)C(=O)C2)cc1.N#Cc1ccc(N2CCNC(=O)C2)cc1.[B]P.[CH3-].[Y]. The van der Waals surface area contributed by atoms with Crippen LogP contribution in [0.4, 0.5) is 11.4 Å². The fourth-order valence-electron chi connectivity index (χ4n) is 4.83. The van der Waals surface area contributed by atoms with Crippen molar-refractivity contribution in [2.45, 2.75) is 19.3 Å². The molecule has 0 spiro atoms. The summed E-state index contributed by atoms with van der Waals surface area (Å²) < 4.78 is 2.17. The number of hydrogen-bond acceptors (Lipinski definition) is 6. The third-order valence-electron chi connectivity index (χ3n) is 7.43. The largest absolute Gasteiger partial charge is 0.360 e. The molecule has 2 heterocycles. The summed E-state index contributed by atoms with van der Waals surface area (Å²) in [6.45, 7) is 4.42. The van der Waals surface area contributed by atoms with Gasteiger partial charge in [-0.3, -0.25) is 9.59 Å². The van der Waals surface area contributed by atoms with E-state index >= 15 is 0 Å². The number of halogens is 3. The van der Waals surface area contributed by atoms with Gasteiger partial charge in [-0.05, 0) is 83.9 Å². The van der Waals surface area contributed by atoms with Crippen molar-refractivity contribution >= 4 is 87.7 Å². The van der Waals surface area contributed by atoms with Crippen LogP contribution in [0.1, 0.15) is 29.7 Å². The maximum atomic E-state index is 12.4. The molecule has 14 heteroatoms. The number of rotatable bonds is 5. The standard InChI is InChI=1S/C18H16BrN3O.C11H11N3O.C7H6Br2.CH4.CH3.BH2P.Y/c19-16-5-1-15(2-6-16)12-22-10-9-21(13-18(22)23)17-7-3-14(11-20)4-8-17;12-7-9-1-3-10(4-2-9)14-6-5-13-11(15)8-14;8-5-6-1-3-7(9)4-2-6;;;1-2;/h1-8H,9-10,12-13H2;1-4H,5-6,8H2,(H,13,15);1-4H,5H2;1H4;1H3;2H2;/q;;;;-1;;. The van der Waals surface area contributed by atoms with Gasteiger partial charge in [0.25, 0.3) is 0 Å². The molecule has 3 radical (unpaired) electrons. The van der Waals surface area contributed by atoms with Crippen LogP contribution in [0, 0.1) is 30.1 Å². The molecule has 4 aromatic rings. The first-order chi connectivity index (χ1) is 23.8. The van der Waals surface area contributed by atoms with Crippen LogP contribution in [0.3, 0.4) is 0 Å². The van der Waals surface area contributed by atoms with E-state index in [4.69, 9.17) is 10.5 Å². The van der Waals surface area contributed by atoms with E-state index in [0.29, 0.717) is 43.9 Å². The van der Waals surface area contributed by atoms with Crippen LogP contribution in [0.25, 0.3) is 0 Å². The summed E-state index contributed by atoms with van der Waals surface area (Å²) in [5.74, 6) is 0.175. The Morgan fingerprint density at radius 3 is 1.54 bits per heavy atom. The fourth-order valence-corrected chi connectivity index (χ4v) is 5.73. The van der Waals surface area contributed by atoms with Gasteiger partial charge in [-0.1, -0.05) is 79.5 Å². The number of carbonyl (C=O) groups excluding carboxylic acids is 2. The molecule has 2 saturated heterocycles. The number of anilines is 2. The van der Waals surface area contributed by atoms with E-state index < -0.39 is 0 Å². The minimum absolute atomic E-state index is 0. The van der Waals surface area contributed by atoms with Gasteiger partial charge >= 0.3 is 0 Å². The second kappa shape index (κ2) is 27.1. The molecule has 8 nitrogen and oxygen atoms in total. The summed E-state index contributed by atoms with van der Waals surface area (Å²) >= 11 is 10.1. The number of nitriles is 2. The molecule has 1 N–H and O–H groups in total. The van der Waals surface area contributed by atoms with Crippen molar-refractivity contribution in [2.24, 2.45) is 0 Å². The van der Waals surface area contributed by atoms with Crippen LogP contribution in [0.15, 0.2) is 106 Å². The van der Waals surface area contributed by atoms with E-state index in [9.17, 15) is 9.59 Å². The molecule has 52 heavy (non-hydrogen) atoms. The number of hydrogen-bond donors (Lipinski definition) is 1. The number of alkyl halides is 1. The summed E-state index contributed by atoms with van der Waals surface area (Å²) in [4.78, 5) is 29.5. The zero-order valence-corrected chi connectivity index (χ0v) is 37.1. The molecule has 0 saturated carbocycles. The minimum atomic E-state index is 0. The van der Waals surface area contributed by atoms with Crippen molar-refractivity contribution in [3.05, 3.63) is 136 Å². The van der Waals surface area contributed by atoms with Gasteiger partial charge in [-0.25, -0.2) is 0 Å². The monoisotopic (exact) mass is 982 g/mol. The third-order valence-corrected chi connectivity index (χ3v) is 9.14. The van der Waals surface area contributed by atoms with Gasteiger partial charge in [0.05, 0.1) is 43.9 Å². The Kier molecular flexibility index (Phi) is 25.8. The Hall–Kier alpha value is -2.56. The molecule has 0 aromatic heterocycles. The van der Waals surface area contributed by atoms with Crippen LogP contribution in [-0.4, -0.2) is 63.5 Å². The van der Waals surface area contributed by atoms with Gasteiger partial charge in [0.15, 0.2) is 0 Å². The van der Waals surface area contributed by atoms with Gasteiger partial charge in [0, 0.05) is 91.1 Å². The van der Waals surface area contributed by atoms with E-state index in [1.165, 1.54) is 5.56 Å². The number of amides is 2. The fraction of sp³-hybridized carbons (Fsp3) is 0.237. The normalized spacial score (nSPS) is 12.8. The van der Waals surface area contributed by atoms with Gasteiger partial charge in [-0.2, -0.15) is 19.6 Å². The molecule has 0 bridgehead atoms. The molecule has 6 rings (SSSR count). The van der Waals surface area contributed by atoms with Crippen molar-refractivity contribution in [1.29, 1.82) is 10.5 Å². The smallest absolute Gasteiger partial charge is 0.242 e. The number of piperazine rings is 2. The van der Waals surface area contributed by atoms with Gasteiger partial charge < -0.3 is 27.4 Å². The molecule has 2 aliphatic heterocycles. The zero-order chi connectivity index (χ0) is 35.6. The number of nitrogens with zero attached hydrogens (tertiary/aromatic N) is 5. The Balaban J connectivity index is 0.000000777. The average molecular weight is 985 g/mol. The maximum absolute atomic E-state index is 12.4. The number of carbonyl (C=O) groups is 2. The Labute approximate surface area is 363 Å². The summed E-state index contributed by atoms with van der Waals surface area (Å²) in [5.41, 5.74) is 5.69. The summed E-state index contributed by atoms with van der Waals surface area (Å²) in [5, 5.41) is 21.2. The van der Waals surface area contributed by atoms with E-state index in [2.05, 4.69) is 89.8 Å². The predicted octanol–water partition coefficient (Wildman–Crippen LogP) is 8.04. The molecule has 269 valence electrons. The predicted molar refractivity (Wildman–Crippen MR) is 225 cm³/mol. The van der Waals surface area contributed by atoms with Crippen molar-refractivity contribution in [2.75, 3.05) is 49.1 Å². The first-order valence-corrected chi connectivity index (χ1v) is 18.6. The zero-order valence-electron chi connectivity index (χ0n) is 28.3. The van der Waals surface area contributed by atoms with Gasteiger partial charge in [0.2, 0.25) is 11.8 Å². The second-order valence-corrected chi connectivity index (χ2v) is 13.1. The van der Waals surface area contributed by atoms with Crippen LogP contribution in [0.2, 0.25) is 0 Å². The Bertz CT molecular complexity index is 1720. The van der Waals surface area contributed by atoms with Crippen LogP contribution >= 0.6 is 56.9 Å². The summed E-state index contributed by atoms with van der Waals surface area (Å²) in [6.07, 6.45) is 0. The number of benzene rings is 4. The van der Waals surface area contributed by atoms with E-state index in [1.54, 1.807) is 24.3 Å². The van der Waals surface area contributed by atoms with Crippen molar-refractivity contribution in [1.82, 2.24) is 10.2 Å². The molecule has 2 fully saturated rings. The summed E-state index contributed by atoms with van der Waals surface area (Å²) in [6, 6.07) is 35.1. The van der Waals surface area contributed by atoms with E-state index in [-0.39, 0.29) is 59.4 Å². The minimum Gasteiger partial charge on any atom is -0.360 e. The molecule has 0 aliphatic carbocycles. The van der Waals surface area contributed by atoms with Crippen LogP contribution in [0.5, 0.6) is 0 Å². The van der Waals surface area contributed by atoms with Crippen molar-refractivity contribution in [3.8, 4) is 12.1 Å². The van der Waals surface area contributed by atoms with E-state index in [1.807, 2.05) is 79.6 Å². The summed E-state index contributed by atoms with van der Waals surface area (Å²) in [7, 11) is 6.33. The third kappa shape index (κ3) is 16.6. The maximum Gasteiger partial charge on any atom is 0.242 e. The first kappa shape index (κ1) is 49.4. The van der Waals surface area contributed by atoms with Crippen LogP contribution in [-0.2, 0) is 54.2 Å². The second-order valence-electron chi connectivity index (χ2n) is 10.7. The molecule has 2 amide bonds.